The molecule has 0 atom stereocenters. The van der Waals surface area contributed by atoms with Crippen molar-refractivity contribution in [3.8, 4) is 5.75 Å². The molecule has 0 aliphatic rings. The molecule has 3 rings (SSSR count). The summed E-state index contributed by atoms with van der Waals surface area (Å²) in [6, 6.07) is 13.2. The quantitative estimate of drug-likeness (QED) is 0.798. The van der Waals surface area contributed by atoms with Gasteiger partial charge in [-0.3, -0.25) is 9.78 Å². The van der Waals surface area contributed by atoms with Crippen LogP contribution in [0.4, 0.5) is 5.95 Å². The first kappa shape index (κ1) is 15.4. The third kappa shape index (κ3) is 3.14. The van der Waals surface area contributed by atoms with Gasteiger partial charge < -0.3 is 9.64 Å². The van der Waals surface area contributed by atoms with Crippen LogP contribution in [-0.2, 0) is 6.54 Å². The summed E-state index contributed by atoms with van der Waals surface area (Å²) in [5.74, 6) is 0.949. The molecule has 3 aromatic rings. The SMILES string of the molecule is COc1cc2c(=O)[nH]c(N(C)Cc3ccccc3)nc2cc1Cl. The molecule has 118 valence electrons. The Balaban J connectivity index is 2.00. The average molecular weight is 330 g/mol. The highest BCUT2D eigenvalue weighted by Gasteiger charge is 2.11. The maximum absolute atomic E-state index is 12.3. The molecule has 5 nitrogen and oxygen atoms in total. The molecule has 0 bridgehead atoms. The largest absolute Gasteiger partial charge is 0.495 e. The van der Waals surface area contributed by atoms with Gasteiger partial charge in [0.25, 0.3) is 5.56 Å². The molecule has 0 spiro atoms. The molecule has 0 aliphatic carbocycles. The molecule has 0 amide bonds. The summed E-state index contributed by atoms with van der Waals surface area (Å²) < 4.78 is 5.14. The summed E-state index contributed by atoms with van der Waals surface area (Å²) in [6.45, 7) is 0.638. The van der Waals surface area contributed by atoms with E-state index in [4.69, 9.17) is 16.3 Å². The molecule has 0 fully saturated rings. The van der Waals surface area contributed by atoms with E-state index < -0.39 is 0 Å². The van der Waals surface area contributed by atoms with E-state index in [0.717, 1.165) is 5.56 Å². The number of methoxy groups -OCH3 is 1. The summed E-state index contributed by atoms with van der Waals surface area (Å²) in [7, 11) is 3.39. The number of nitrogens with zero attached hydrogens (tertiary/aromatic N) is 2. The Bertz CT molecular complexity index is 893. The number of H-pyrrole nitrogens is 1. The third-order valence-corrected chi connectivity index (χ3v) is 3.89. The Morgan fingerprint density at radius 3 is 2.70 bits per heavy atom. The molecular formula is C17H16ClN3O2. The van der Waals surface area contributed by atoms with Crippen LogP contribution < -0.4 is 15.2 Å². The minimum absolute atomic E-state index is 0.222. The van der Waals surface area contributed by atoms with Gasteiger partial charge in [0.05, 0.1) is 23.0 Å². The monoisotopic (exact) mass is 329 g/mol. The Labute approximate surface area is 138 Å². The lowest BCUT2D eigenvalue weighted by molar-refractivity contribution is 0.415. The van der Waals surface area contributed by atoms with Crippen LogP contribution in [0.25, 0.3) is 10.9 Å². The van der Waals surface area contributed by atoms with Crippen molar-refractivity contribution in [3.05, 3.63) is 63.4 Å². The van der Waals surface area contributed by atoms with Gasteiger partial charge in [0.2, 0.25) is 5.95 Å². The molecular weight excluding hydrogens is 314 g/mol. The zero-order valence-electron chi connectivity index (χ0n) is 12.8. The molecule has 23 heavy (non-hydrogen) atoms. The predicted molar refractivity (Wildman–Crippen MR) is 92.5 cm³/mol. The minimum Gasteiger partial charge on any atom is -0.495 e. The lowest BCUT2D eigenvalue weighted by atomic mass is 10.2. The molecule has 1 N–H and O–H groups in total. The van der Waals surface area contributed by atoms with Gasteiger partial charge in [0.15, 0.2) is 0 Å². The maximum atomic E-state index is 12.3. The normalized spacial score (nSPS) is 10.7. The Kier molecular flexibility index (Phi) is 4.21. The highest BCUT2D eigenvalue weighted by atomic mass is 35.5. The molecule has 1 aromatic heterocycles. The van der Waals surface area contributed by atoms with Crippen LogP contribution in [0.15, 0.2) is 47.3 Å². The number of hydrogen-bond acceptors (Lipinski definition) is 4. The highest BCUT2D eigenvalue weighted by Crippen LogP contribution is 2.28. The van der Waals surface area contributed by atoms with E-state index in [1.54, 1.807) is 12.1 Å². The second kappa shape index (κ2) is 6.30. The number of benzene rings is 2. The predicted octanol–water partition coefficient (Wildman–Crippen LogP) is 3.22. The maximum Gasteiger partial charge on any atom is 0.260 e. The number of ether oxygens (including phenoxy) is 1. The summed E-state index contributed by atoms with van der Waals surface area (Å²) in [6.07, 6.45) is 0. The lowest BCUT2D eigenvalue weighted by Gasteiger charge is -2.18. The van der Waals surface area contributed by atoms with E-state index in [0.29, 0.717) is 34.2 Å². The lowest BCUT2D eigenvalue weighted by Crippen LogP contribution is -2.22. The van der Waals surface area contributed by atoms with Gasteiger partial charge in [-0.25, -0.2) is 4.98 Å². The van der Waals surface area contributed by atoms with Crippen LogP contribution in [0.3, 0.4) is 0 Å². The van der Waals surface area contributed by atoms with Crippen molar-refractivity contribution in [2.45, 2.75) is 6.54 Å². The van der Waals surface area contributed by atoms with Crippen molar-refractivity contribution in [2.75, 3.05) is 19.1 Å². The number of rotatable bonds is 4. The van der Waals surface area contributed by atoms with Gasteiger partial charge >= 0.3 is 0 Å². The minimum atomic E-state index is -0.222. The van der Waals surface area contributed by atoms with Gasteiger partial charge in [-0.1, -0.05) is 41.9 Å². The van der Waals surface area contributed by atoms with Gasteiger partial charge in [-0.2, -0.15) is 0 Å². The van der Waals surface area contributed by atoms with Gasteiger partial charge in [0.1, 0.15) is 5.75 Å². The van der Waals surface area contributed by atoms with E-state index in [1.807, 2.05) is 42.3 Å². The standard InChI is InChI=1S/C17H16ClN3O2/c1-21(10-11-6-4-3-5-7-11)17-19-14-9-13(18)15(23-2)8-12(14)16(22)20-17/h3-9H,10H2,1-2H3,(H,19,20,22). The summed E-state index contributed by atoms with van der Waals surface area (Å²) in [4.78, 5) is 21.5. The van der Waals surface area contributed by atoms with Crippen LogP contribution in [-0.4, -0.2) is 24.1 Å². The second-order valence-corrected chi connectivity index (χ2v) is 5.64. The number of fused-ring (bicyclic) bond motifs is 1. The second-order valence-electron chi connectivity index (χ2n) is 5.24. The first-order valence-electron chi connectivity index (χ1n) is 7.11. The third-order valence-electron chi connectivity index (χ3n) is 3.59. The Morgan fingerprint density at radius 2 is 2.00 bits per heavy atom. The first-order chi connectivity index (χ1) is 11.1. The molecule has 0 saturated carbocycles. The highest BCUT2D eigenvalue weighted by molar-refractivity contribution is 6.32. The van der Waals surface area contributed by atoms with Crippen molar-refractivity contribution in [3.63, 3.8) is 0 Å². The topological polar surface area (TPSA) is 58.2 Å². The van der Waals surface area contributed by atoms with Gasteiger partial charge in [-0.15, -0.1) is 0 Å². The van der Waals surface area contributed by atoms with Crippen LogP contribution in [0.2, 0.25) is 5.02 Å². The Hall–Kier alpha value is -2.53. The van der Waals surface area contributed by atoms with Crippen molar-refractivity contribution in [1.82, 2.24) is 9.97 Å². The van der Waals surface area contributed by atoms with E-state index in [1.165, 1.54) is 7.11 Å². The molecule has 0 aliphatic heterocycles. The van der Waals surface area contributed by atoms with Crippen molar-refractivity contribution < 1.29 is 4.74 Å². The molecule has 2 aromatic carbocycles. The summed E-state index contributed by atoms with van der Waals surface area (Å²) in [5, 5.41) is 0.873. The average Bonchev–Trinajstić information content (AvgIpc) is 2.55. The van der Waals surface area contributed by atoms with E-state index in [9.17, 15) is 4.79 Å². The smallest absolute Gasteiger partial charge is 0.260 e. The number of anilines is 1. The van der Waals surface area contributed by atoms with Gasteiger partial charge in [-0.05, 0) is 17.7 Å². The molecule has 0 radical (unpaired) electrons. The molecule has 1 heterocycles. The number of aromatic amines is 1. The van der Waals surface area contributed by atoms with E-state index in [2.05, 4.69) is 9.97 Å². The Morgan fingerprint density at radius 1 is 1.26 bits per heavy atom. The molecule has 0 saturated heterocycles. The van der Waals surface area contributed by atoms with Crippen molar-refractivity contribution >= 4 is 28.5 Å². The van der Waals surface area contributed by atoms with E-state index in [-0.39, 0.29) is 5.56 Å². The zero-order chi connectivity index (χ0) is 16.4. The molecule has 0 unspecified atom stereocenters. The summed E-state index contributed by atoms with van der Waals surface area (Å²) >= 11 is 6.13. The number of hydrogen-bond donors (Lipinski definition) is 1. The van der Waals surface area contributed by atoms with Crippen molar-refractivity contribution in [2.24, 2.45) is 0 Å². The van der Waals surface area contributed by atoms with E-state index >= 15 is 0 Å². The van der Waals surface area contributed by atoms with Crippen LogP contribution in [0.1, 0.15) is 5.56 Å². The molecule has 6 heteroatoms. The van der Waals surface area contributed by atoms with Crippen LogP contribution in [0.5, 0.6) is 5.75 Å². The van der Waals surface area contributed by atoms with Crippen molar-refractivity contribution in [1.29, 1.82) is 0 Å². The zero-order valence-corrected chi connectivity index (χ0v) is 13.6. The number of aromatic nitrogens is 2. The number of nitrogens with one attached hydrogen (secondary N) is 1. The fourth-order valence-corrected chi connectivity index (χ4v) is 2.63. The van der Waals surface area contributed by atoms with Crippen LogP contribution >= 0.6 is 11.6 Å². The fourth-order valence-electron chi connectivity index (χ4n) is 2.40. The fraction of sp³-hybridized carbons (Fsp3) is 0.176. The number of halogens is 1. The summed E-state index contributed by atoms with van der Waals surface area (Å²) in [5.41, 5.74) is 1.44. The van der Waals surface area contributed by atoms with Gasteiger partial charge in [0, 0.05) is 13.6 Å². The first-order valence-corrected chi connectivity index (χ1v) is 7.49. The van der Waals surface area contributed by atoms with Crippen LogP contribution in [0, 0.1) is 0 Å².